The molecule has 0 heterocycles. The molecule has 0 spiro atoms. The molecule has 0 radical (unpaired) electrons. The Bertz CT molecular complexity index is 217. The molecule has 0 aliphatic heterocycles. The van der Waals surface area contributed by atoms with Crippen LogP contribution in [0.2, 0.25) is 0 Å². The SMILES string of the molecule is CCN(C)CCNC(=O)C1CCC(N)C1.Cl.Cl. The second-order valence-electron chi connectivity index (χ2n) is 4.46. The summed E-state index contributed by atoms with van der Waals surface area (Å²) in [4.78, 5) is 13.9. The third-order valence-electron chi connectivity index (χ3n) is 3.18. The fourth-order valence-corrected chi connectivity index (χ4v) is 1.93. The largest absolute Gasteiger partial charge is 0.355 e. The molecule has 0 bridgehead atoms. The van der Waals surface area contributed by atoms with E-state index in [-0.39, 0.29) is 42.7 Å². The average Bonchev–Trinajstić information content (AvgIpc) is 2.64. The van der Waals surface area contributed by atoms with Gasteiger partial charge in [0.1, 0.15) is 0 Å². The Morgan fingerprint density at radius 1 is 1.41 bits per heavy atom. The second-order valence-corrected chi connectivity index (χ2v) is 4.46. The van der Waals surface area contributed by atoms with Crippen molar-refractivity contribution in [3.63, 3.8) is 0 Å². The highest BCUT2D eigenvalue weighted by molar-refractivity contribution is 5.85. The van der Waals surface area contributed by atoms with Gasteiger partial charge in [0.25, 0.3) is 0 Å². The summed E-state index contributed by atoms with van der Waals surface area (Å²) in [6.45, 7) is 4.79. The van der Waals surface area contributed by atoms with Crippen LogP contribution < -0.4 is 11.1 Å². The van der Waals surface area contributed by atoms with Crippen molar-refractivity contribution in [2.24, 2.45) is 11.7 Å². The lowest BCUT2D eigenvalue weighted by Gasteiger charge is -2.15. The molecular formula is C11H25Cl2N3O. The van der Waals surface area contributed by atoms with E-state index in [1.165, 1.54) is 0 Å². The smallest absolute Gasteiger partial charge is 0.223 e. The zero-order valence-corrected chi connectivity index (χ0v) is 12.3. The molecule has 2 unspecified atom stereocenters. The number of hydrogen-bond donors (Lipinski definition) is 2. The third kappa shape index (κ3) is 7.09. The minimum absolute atomic E-state index is 0. The molecule has 1 amide bonds. The minimum Gasteiger partial charge on any atom is -0.355 e. The molecule has 1 saturated carbocycles. The fraction of sp³-hybridized carbons (Fsp3) is 0.909. The molecule has 1 aliphatic rings. The van der Waals surface area contributed by atoms with E-state index in [9.17, 15) is 4.79 Å². The quantitative estimate of drug-likeness (QED) is 0.793. The highest BCUT2D eigenvalue weighted by Gasteiger charge is 2.27. The lowest BCUT2D eigenvalue weighted by atomic mass is 10.1. The van der Waals surface area contributed by atoms with Crippen molar-refractivity contribution in [2.45, 2.75) is 32.2 Å². The molecule has 6 heteroatoms. The van der Waals surface area contributed by atoms with Gasteiger partial charge in [-0.2, -0.15) is 0 Å². The molecule has 1 fully saturated rings. The molecule has 4 nitrogen and oxygen atoms in total. The van der Waals surface area contributed by atoms with E-state index in [1.54, 1.807) is 0 Å². The second kappa shape index (κ2) is 9.95. The highest BCUT2D eigenvalue weighted by Crippen LogP contribution is 2.23. The number of rotatable bonds is 5. The number of nitrogens with two attached hydrogens (primary N) is 1. The van der Waals surface area contributed by atoms with Gasteiger partial charge in [-0.25, -0.2) is 0 Å². The maximum absolute atomic E-state index is 11.7. The number of likely N-dealkylation sites (N-methyl/N-ethyl adjacent to an activating group) is 1. The molecule has 0 aromatic heterocycles. The van der Waals surface area contributed by atoms with Gasteiger partial charge in [0.05, 0.1) is 0 Å². The van der Waals surface area contributed by atoms with Gasteiger partial charge in [-0.05, 0) is 32.9 Å². The molecule has 0 aromatic carbocycles. The molecule has 3 N–H and O–H groups in total. The maximum Gasteiger partial charge on any atom is 0.223 e. The van der Waals surface area contributed by atoms with Crippen molar-refractivity contribution < 1.29 is 4.79 Å². The van der Waals surface area contributed by atoms with Crippen LogP contribution in [-0.4, -0.2) is 43.5 Å². The van der Waals surface area contributed by atoms with Crippen molar-refractivity contribution in [1.29, 1.82) is 0 Å². The Morgan fingerprint density at radius 2 is 2.06 bits per heavy atom. The summed E-state index contributed by atoms with van der Waals surface area (Å²) in [7, 11) is 2.05. The van der Waals surface area contributed by atoms with Crippen LogP contribution in [-0.2, 0) is 4.79 Å². The molecule has 17 heavy (non-hydrogen) atoms. The van der Waals surface area contributed by atoms with Gasteiger partial charge in [-0.15, -0.1) is 24.8 Å². The monoisotopic (exact) mass is 285 g/mol. The number of nitrogens with zero attached hydrogens (tertiary/aromatic N) is 1. The van der Waals surface area contributed by atoms with Gasteiger partial charge in [-0.1, -0.05) is 6.92 Å². The lowest BCUT2D eigenvalue weighted by molar-refractivity contribution is -0.124. The number of carbonyl (C=O) groups is 1. The van der Waals surface area contributed by atoms with Crippen molar-refractivity contribution in [3.8, 4) is 0 Å². The van der Waals surface area contributed by atoms with Crippen molar-refractivity contribution in [3.05, 3.63) is 0 Å². The number of halogens is 2. The van der Waals surface area contributed by atoms with Gasteiger partial charge in [-0.3, -0.25) is 4.79 Å². The van der Waals surface area contributed by atoms with Gasteiger partial charge in [0.2, 0.25) is 5.91 Å². The maximum atomic E-state index is 11.7. The minimum atomic E-state index is 0. The van der Waals surface area contributed by atoms with Crippen LogP contribution in [0.1, 0.15) is 26.2 Å². The first kappa shape index (κ1) is 19.3. The molecule has 0 saturated heterocycles. The standard InChI is InChI=1S/C11H23N3O.2ClH/c1-3-14(2)7-6-13-11(15)9-4-5-10(12)8-9;;/h9-10H,3-8,12H2,1-2H3,(H,13,15);2*1H. The molecular weight excluding hydrogens is 261 g/mol. The van der Waals surface area contributed by atoms with Gasteiger partial charge >= 0.3 is 0 Å². The first-order valence-electron chi connectivity index (χ1n) is 5.85. The Labute approximate surface area is 117 Å². The molecule has 2 atom stereocenters. The fourth-order valence-electron chi connectivity index (χ4n) is 1.93. The zero-order valence-electron chi connectivity index (χ0n) is 10.6. The number of hydrogen-bond acceptors (Lipinski definition) is 3. The van der Waals surface area contributed by atoms with Crippen LogP contribution in [0.3, 0.4) is 0 Å². The van der Waals surface area contributed by atoms with E-state index < -0.39 is 0 Å². The average molecular weight is 286 g/mol. The number of nitrogens with one attached hydrogen (secondary N) is 1. The van der Waals surface area contributed by atoms with E-state index >= 15 is 0 Å². The number of carbonyl (C=O) groups excluding carboxylic acids is 1. The zero-order chi connectivity index (χ0) is 11.3. The van der Waals surface area contributed by atoms with Crippen molar-refractivity contribution in [2.75, 3.05) is 26.7 Å². The first-order valence-corrected chi connectivity index (χ1v) is 5.85. The van der Waals surface area contributed by atoms with E-state index in [2.05, 4.69) is 24.2 Å². The van der Waals surface area contributed by atoms with Gasteiger partial charge in [0.15, 0.2) is 0 Å². The Balaban J connectivity index is 0. The summed E-state index contributed by atoms with van der Waals surface area (Å²) in [6.07, 6.45) is 2.80. The molecule has 1 rings (SSSR count). The van der Waals surface area contributed by atoms with Crippen LogP contribution in [0.25, 0.3) is 0 Å². The predicted molar refractivity (Wildman–Crippen MR) is 76.0 cm³/mol. The van der Waals surface area contributed by atoms with Crippen LogP contribution >= 0.6 is 24.8 Å². The van der Waals surface area contributed by atoms with Crippen molar-refractivity contribution >= 4 is 30.7 Å². The third-order valence-corrected chi connectivity index (χ3v) is 3.18. The summed E-state index contributed by atoms with van der Waals surface area (Å²) in [6, 6.07) is 0.235. The van der Waals surface area contributed by atoms with Crippen LogP contribution in [0.5, 0.6) is 0 Å². The summed E-state index contributed by atoms with van der Waals surface area (Å²) in [5.41, 5.74) is 5.77. The van der Waals surface area contributed by atoms with Crippen LogP contribution in [0, 0.1) is 5.92 Å². The van der Waals surface area contributed by atoms with Crippen molar-refractivity contribution in [1.82, 2.24) is 10.2 Å². The Kier molecular flexibility index (Phi) is 11.3. The van der Waals surface area contributed by atoms with E-state index in [1.807, 2.05) is 0 Å². The van der Waals surface area contributed by atoms with E-state index in [0.29, 0.717) is 0 Å². The topological polar surface area (TPSA) is 58.4 Å². The normalized spacial score (nSPS) is 22.8. The van der Waals surface area contributed by atoms with Crippen LogP contribution in [0.15, 0.2) is 0 Å². The summed E-state index contributed by atoms with van der Waals surface area (Å²) in [5, 5.41) is 2.97. The number of amides is 1. The lowest BCUT2D eigenvalue weighted by Crippen LogP contribution is -2.36. The summed E-state index contributed by atoms with van der Waals surface area (Å²) >= 11 is 0. The molecule has 0 aromatic rings. The predicted octanol–water partition coefficient (Wildman–Crippen LogP) is 1.03. The van der Waals surface area contributed by atoms with Gasteiger partial charge < -0.3 is 16.0 Å². The summed E-state index contributed by atoms with van der Waals surface area (Å²) < 4.78 is 0. The summed E-state index contributed by atoms with van der Waals surface area (Å²) in [5.74, 6) is 0.347. The molecule has 1 aliphatic carbocycles. The highest BCUT2D eigenvalue weighted by atomic mass is 35.5. The van der Waals surface area contributed by atoms with Crippen LogP contribution in [0.4, 0.5) is 0 Å². The van der Waals surface area contributed by atoms with Gasteiger partial charge in [0, 0.05) is 25.0 Å². The Morgan fingerprint density at radius 3 is 2.53 bits per heavy atom. The molecule has 104 valence electrons. The first-order chi connectivity index (χ1) is 7.13. The Hall–Kier alpha value is -0.0300. The van der Waals surface area contributed by atoms with E-state index in [4.69, 9.17) is 5.73 Å². The van der Waals surface area contributed by atoms with E-state index in [0.717, 1.165) is 38.9 Å².